The van der Waals surface area contributed by atoms with Gasteiger partial charge in [0, 0.05) is 36.7 Å². The fraction of sp³-hybridized carbons (Fsp3) is 0.143. The SMILES string of the molecule is C=CCn1c(=Cc2cccc[n+]2C)sc(=C2Sc3ccccc3N2C)c1=O.[Cl-]. The molecule has 0 atom stereocenters. The molecule has 1 aliphatic rings. The highest BCUT2D eigenvalue weighted by Crippen LogP contribution is 2.44. The molecule has 0 unspecified atom stereocenters. The van der Waals surface area contributed by atoms with Crippen LogP contribution in [-0.2, 0) is 13.6 Å². The molecule has 1 aliphatic heterocycles. The van der Waals surface area contributed by atoms with E-state index in [1.54, 1.807) is 22.4 Å². The number of allylic oxidation sites excluding steroid dienone is 1. The van der Waals surface area contributed by atoms with E-state index in [1.165, 1.54) is 16.2 Å². The fourth-order valence-electron chi connectivity index (χ4n) is 3.08. The van der Waals surface area contributed by atoms with Gasteiger partial charge in [-0.15, -0.1) is 17.9 Å². The minimum absolute atomic E-state index is 0. The molecule has 7 heteroatoms. The maximum absolute atomic E-state index is 13.2. The van der Waals surface area contributed by atoms with Crippen LogP contribution in [-0.4, -0.2) is 11.6 Å². The van der Waals surface area contributed by atoms with Gasteiger partial charge in [0.25, 0.3) is 5.56 Å². The van der Waals surface area contributed by atoms with Crippen molar-refractivity contribution in [2.45, 2.75) is 11.4 Å². The lowest BCUT2D eigenvalue weighted by atomic mass is 10.3. The molecule has 4 nitrogen and oxygen atoms in total. The monoisotopic (exact) mass is 429 g/mol. The zero-order valence-corrected chi connectivity index (χ0v) is 18.0. The lowest BCUT2D eigenvalue weighted by Gasteiger charge is -2.11. The number of aromatic nitrogens is 2. The molecule has 0 spiro atoms. The molecule has 3 aromatic rings. The lowest BCUT2D eigenvalue weighted by molar-refractivity contribution is -0.673. The molecule has 2 aromatic heterocycles. The van der Waals surface area contributed by atoms with Gasteiger partial charge in [0.1, 0.15) is 21.3 Å². The van der Waals surface area contributed by atoms with Gasteiger partial charge in [-0.2, -0.15) is 0 Å². The van der Waals surface area contributed by atoms with Crippen molar-refractivity contribution in [3.8, 4) is 0 Å². The average molecular weight is 430 g/mol. The smallest absolute Gasteiger partial charge is 0.272 e. The largest absolute Gasteiger partial charge is 1.00 e. The third-order valence-corrected chi connectivity index (χ3v) is 7.01. The van der Waals surface area contributed by atoms with E-state index in [1.807, 2.05) is 55.2 Å². The zero-order chi connectivity index (χ0) is 19.0. The Morgan fingerprint density at radius 3 is 2.64 bits per heavy atom. The number of thiazole rings is 1. The number of fused-ring (bicyclic) bond motifs is 1. The van der Waals surface area contributed by atoms with Gasteiger partial charge >= 0.3 is 0 Å². The number of aryl methyl sites for hydroxylation is 1. The standard InChI is InChI=1S/C21H20N3OS2.ClH/c1-4-12-24-18(14-15-9-7-8-13-22(15)2)27-19(20(24)25)21-23(3)16-10-5-6-11-17(16)26-21;/h4-11,13-14H,1,12H2,2-3H3;1H/q+1;/p-1. The normalized spacial score (nSPS) is 15.4. The molecular formula is C21H20ClN3OS2. The molecule has 28 heavy (non-hydrogen) atoms. The van der Waals surface area contributed by atoms with E-state index in [-0.39, 0.29) is 18.0 Å². The molecule has 0 saturated carbocycles. The Morgan fingerprint density at radius 2 is 1.93 bits per heavy atom. The molecule has 144 valence electrons. The Morgan fingerprint density at radius 1 is 1.18 bits per heavy atom. The molecule has 0 N–H and O–H groups in total. The van der Waals surface area contributed by atoms with Crippen LogP contribution in [0, 0.1) is 0 Å². The summed E-state index contributed by atoms with van der Waals surface area (Å²) < 4.78 is 5.53. The van der Waals surface area contributed by atoms with E-state index >= 15 is 0 Å². The molecule has 0 amide bonds. The summed E-state index contributed by atoms with van der Waals surface area (Å²) in [6.07, 6.45) is 5.83. The predicted octanol–water partition coefficient (Wildman–Crippen LogP) is -0.939. The van der Waals surface area contributed by atoms with Crippen LogP contribution in [0.1, 0.15) is 5.69 Å². The number of thioether (sulfide) groups is 1. The summed E-state index contributed by atoms with van der Waals surface area (Å²) in [5.74, 6) is 0. The fourth-order valence-corrected chi connectivity index (χ4v) is 5.49. The number of nitrogens with zero attached hydrogens (tertiary/aromatic N) is 3. The highest BCUT2D eigenvalue weighted by molar-refractivity contribution is 8.08. The predicted molar refractivity (Wildman–Crippen MR) is 113 cm³/mol. The molecule has 0 bridgehead atoms. The van der Waals surface area contributed by atoms with Crippen molar-refractivity contribution in [3.05, 3.63) is 86.6 Å². The Hall–Kier alpha value is -2.28. The van der Waals surface area contributed by atoms with Crippen LogP contribution in [0.25, 0.3) is 11.1 Å². The number of pyridine rings is 1. The zero-order valence-electron chi connectivity index (χ0n) is 15.6. The van der Waals surface area contributed by atoms with Gasteiger partial charge in [0.15, 0.2) is 6.20 Å². The summed E-state index contributed by atoms with van der Waals surface area (Å²) >= 11 is 3.19. The summed E-state index contributed by atoms with van der Waals surface area (Å²) in [4.78, 5) is 16.5. The molecular weight excluding hydrogens is 410 g/mol. The van der Waals surface area contributed by atoms with Crippen LogP contribution in [0.3, 0.4) is 0 Å². The number of anilines is 1. The third kappa shape index (κ3) is 3.55. The van der Waals surface area contributed by atoms with Crippen LogP contribution in [0.2, 0.25) is 0 Å². The number of para-hydroxylation sites is 1. The first-order valence-corrected chi connectivity index (χ1v) is 10.3. The van der Waals surface area contributed by atoms with Gasteiger partial charge in [-0.3, -0.25) is 9.36 Å². The Kier molecular flexibility index (Phi) is 6.13. The Balaban J connectivity index is 0.00000225. The maximum Gasteiger partial charge on any atom is 0.272 e. The Bertz CT molecular complexity index is 1210. The summed E-state index contributed by atoms with van der Waals surface area (Å²) in [6, 6.07) is 14.3. The van der Waals surface area contributed by atoms with Crippen molar-refractivity contribution in [1.29, 1.82) is 0 Å². The van der Waals surface area contributed by atoms with Crippen LogP contribution < -0.4 is 36.6 Å². The van der Waals surface area contributed by atoms with Gasteiger partial charge in [0.2, 0.25) is 5.69 Å². The summed E-state index contributed by atoms with van der Waals surface area (Å²) in [5.41, 5.74) is 2.22. The van der Waals surface area contributed by atoms with Gasteiger partial charge in [-0.1, -0.05) is 30.0 Å². The molecule has 0 aliphatic carbocycles. The van der Waals surface area contributed by atoms with Gasteiger partial charge in [-0.25, -0.2) is 4.57 Å². The molecule has 0 fully saturated rings. The van der Waals surface area contributed by atoms with Crippen molar-refractivity contribution in [2.75, 3.05) is 11.9 Å². The highest BCUT2D eigenvalue weighted by Gasteiger charge is 2.24. The van der Waals surface area contributed by atoms with Crippen molar-refractivity contribution in [1.82, 2.24) is 4.57 Å². The summed E-state index contributed by atoms with van der Waals surface area (Å²) in [7, 11) is 4.02. The minimum atomic E-state index is 0. The first kappa shape index (κ1) is 20.5. The van der Waals surface area contributed by atoms with Crippen LogP contribution >= 0.6 is 23.1 Å². The van der Waals surface area contributed by atoms with Crippen LogP contribution in [0.4, 0.5) is 5.69 Å². The topological polar surface area (TPSA) is 29.1 Å². The number of rotatable bonds is 3. The van der Waals surface area contributed by atoms with Gasteiger partial charge in [0.05, 0.1) is 5.69 Å². The number of hydrogen-bond donors (Lipinski definition) is 0. The molecule has 1 aromatic carbocycles. The number of hydrogen-bond acceptors (Lipinski definition) is 4. The second-order valence-corrected chi connectivity index (χ2v) is 8.35. The van der Waals surface area contributed by atoms with Gasteiger partial charge < -0.3 is 17.3 Å². The van der Waals surface area contributed by atoms with E-state index in [2.05, 4.69) is 29.7 Å². The lowest BCUT2D eigenvalue weighted by Crippen LogP contribution is -3.00. The molecule has 0 radical (unpaired) electrons. The maximum atomic E-state index is 13.2. The summed E-state index contributed by atoms with van der Waals surface area (Å²) in [5, 5.41) is 0.987. The van der Waals surface area contributed by atoms with Crippen molar-refractivity contribution in [2.24, 2.45) is 7.05 Å². The second-order valence-electron chi connectivity index (χ2n) is 6.29. The van der Waals surface area contributed by atoms with Crippen LogP contribution in [0.15, 0.2) is 71.0 Å². The average Bonchev–Trinajstić information content (AvgIpc) is 3.16. The Labute approximate surface area is 178 Å². The van der Waals surface area contributed by atoms with E-state index in [0.29, 0.717) is 6.54 Å². The van der Waals surface area contributed by atoms with E-state index in [0.717, 1.165) is 25.6 Å². The third-order valence-electron chi connectivity index (χ3n) is 4.52. The van der Waals surface area contributed by atoms with Crippen LogP contribution in [0.5, 0.6) is 0 Å². The number of halogens is 1. The van der Waals surface area contributed by atoms with Gasteiger partial charge in [-0.05, 0) is 18.2 Å². The van der Waals surface area contributed by atoms with E-state index in [9.17, 15) is 4.79 Å². The molecule has 0 saturated heterocycles. The first-order chi connectivity index (χ1) is 13.1. The van der Waals surface area contributed by atoms with E-state index < -0.39 is 0 Å². The van der Waals surface area contributed by atoms with E-state index in [4.69, 9.17) is 0 Å². The van der Waals surface area contributed by atoms with Crippen molar-refractivity contribution in [3.63, 3.8) is 0 Å². The van der Waals surface area contributed by atoms with Crippen molar-refractivity contribution < 1.29 is 17.0 Å². The molecule has 4 rings (SSSR count). The quantitative estimate of drug-likeness (QED) is 0.397. The minimum Gasteiger partial charge on any atom is -1.00 e. The highest BCUT2D eigenvalue weighted by atomic mass is 35.5. The second kappa shape index (κ2) is 8.39. The van der Waals surface area contributed by atoms with Crippen molar-refractivity contribution >= 4 is 39.9 Å². The number of benzene rings is 1. The summed E-state index contributed by atoms with van der Waals surface area (Å²) in [6.45, 7) is 4.31. The molecule has 3 heterocycles. The first-order valence-electron chi connectivity index (χ1n) is 8.62.